The first kappa shape index (κ1) is 17.8. The van der Waals surface area contributed by atoms with Crippen molar-refractivity contribution in [3.8, 4) is 11.4 Å². The Morgan fingerprint density at radius 3 is 2.69 bits per heavy atom. The molecule has 2 aromatic carbocycles. The number of nitrogens with one attached hydrogen (secondary N) is 1. The Hall–Kier alpha value is -3.32. The minimum atomic E-state index is -0.351. The largest absolute Gasteiger partial charge is 0.373 e. The van der Waals surface area contributed by atoms with E-state index in [-0.39, 0.29) is 11.9 Å². The summed E-state index contributed by atoms with van der Waals surface area (Å²) in [5.74, 6) is 1.07. The van der Waals surface area contributed by atoms with Crippen LogP contribution in [-0.4, -0.2) is 33.0 Å². The van der Waals surface area contributed by atoms with Crippen molar-refractivity contribution in [2.75, 3.05) is 18.5 Å². The summed E-state index contributed by atoms with van der Waals surface area (Å²) in [7, 11) is 0. The highest BCUT2D eigenvalue weighted by Crippen LogP contribution is 2.34. The zero-order chi connectivity index (χ0) is 19.6. The molecule has 5 rings (SSSR count). The summed E-state index contributed by atoms with van der Waals surface area (Å²) in [5, 5.41) is 16.2. The van der Waals surface area contributed by atoms with Crippen molar-refractivity contribution in [3.63, 3.8) is 0 Å². The van der Waals surface area contributed by atoms with Crippen LogP contribution in [0.5, 0.6) is 0 Å². The number of halogens is 1. The Morgan fingerprint density at radius 2 is 1.83 bits per heavy atom. The normalized spacial score (nSPS) is 18.9. The van der Waals surface area contributed by atoms with Gasteiger partial charge in [-0.1, -0.05) is 42.5 Å². The molecule has 1 aliphatic rings. The van der Waals surface area contributed by atoms with Gasteiger partial charge in [0.15, 0.2) is 11.5 Å². The van der Waals surface area contributed by atoms with Gasteiger partial charge in [0.2, 0.25) is 0 Å². The SMILES string of the molecule is Fc1ccccc1-c1nnc2ccc(NCC3CCOC3c3ccccc3)nn12. The molecule has 6 nitrogen and oxygen atoms in total. The maximum absolute atomic E-state index is 14.2. The van der Waals surface area contributed by atoms with Crippen LogP contribution in [0.4, 0.5) is 10.2 Å². The molecule has 1 fully saturated rings. The number of fused-ring (bicyclic) bond motifs is 1. The predicted octanol–water partition coefficient (Wildman–Crippen LogP) is 4.12. The first-order valence-corrected chi connectivity index (χ1v) is 9.67. The first-order valence-electron chi connectivity index (χ1n) is 9.67. The zero-order valence-corrected chi connectivity index (χ0v) is 15.7. The van der Waals surface area contributed by atoms with Crippen molar-refractivity contribution in [3.05, 3.63) is 78.1 Å². The summed E-state index contributed by atoms with van der Waals surface area (Å²) in [6, 6.07) is 20.5. The Labute approximate surface area is 167 Å². The van der Waals surface area contributed by atoms with Gasteiger partial charge in [-0.15, -0.1) is 15.3 Å². The van der Waals surface area contributed by atoms with E-state index in [1.165, 1.54) is 11.6 Å². The van der Waals surface area contributed by atoms with Crippen LogP contribution in [0.15, 0.2) is 66.7 Å². The van der Waals surface area contributed by atoms with E-state index >= 15 is 0 Å². The molecule has 0 bridgehead atoms. The maximum Gasteiger partial charge on any atom is 0.188 e. The summed E-state index contributed by atoms with van der Waals surface area (Å²) in [4.78, 5) is 0. The van der Waals surface area contributed by atoms with Gasteiger partial charge in [-0.2, -0.15) is 4.52 Å². The second-order valence-electron chi connectivity index (χ2n) is 7.12. The third-order valence-electron chi connectivity index (χ3n) is 5.27. The number of ether oxygens (including phenoxy) is 1. The van der Waals surface area contributed by atoms with Crippen LogP contribution < -0.4 is 5.32 Å². The average molecular weight is 389 g/mol. The zero-order valence-electron chi connectivity index (χ0n) is 15.7. The van der Waals surface area contributed by atoms with Gasteiger partial charge in [-0.05, 0) is 36.2 Å². The van der Waals surface area contributed by atoms with Crippen molar-refractivity contribution in [1.29, 1.82) is 0 Å². The van der Waals surface area contributed by atoms with Crippen molar-refractivity contribution in [1.82, 2.24) is 19.8 Å². The molecule has 0 spiro atoms. The second-order valence-corrected chi connectivity index (χ2v) is 7.12. The minimum Gasteiger partial charge on any atom is -0.373 e. The molecule has 29 heavy (non-hydrogen) atoms. The van der Waals surface area contributed by atoms with Crippen molar-refractivity contribution >= 4 is 11.5 Å². The smallest absolute Gasteiger partial charge is 0.188 e. The van der Waals surface area contributed by atoms with Gasteiger partial charge >= 0.3 is 0 Å². The number of hydrogen-bond acceptors (Lipinski definition) is 5. The van der Waals surface area contributed by atoms with Crippen LogP contribution in [0, 0.1) is 11.7 Å². The predicted molar refractivity (Wildman–Crippen MR) is 108 cm³/mol. The molecule has 1 saturated heterocycles. The summed E-state index contributed by atoms with van der Waals surface area (Å²) in [6.45, 7) is 1.48. The topological polar surface area (TPSA) is 64.3 Å². The van der Waals surface area contributed by atoms with E-state index in [1.807, 2.05) is 30.3 Å². The lowest BCUT2D eigenvalue weighted by Gasteiger charge is -2.19. The van der Waals surface area contributed by atoms with E-state index in [1.54, 1.807) is 22.7 Å². The lowest BCUT2D eigenvalue weighted by Crippen LogP contribution is -2.18. The van der Waals surface area contributed by atoms with E-state index in [0.717, 1.165) is 19.6 Å². The monoisotopic (exact) mass is 389 g/mol. The number of hydrogen-bond donors (Lipinski definition) is 1. The Balaban J connectivity index is 1.37. The highest BCUT2D eigenvalue weighted by atomic mass is 19.1. The fourth-order valence-electron chi connectivity index (χ4n) is 3.78. The van der Waals surface area contributed by atoms with Gasteiger partial charge in [0, 0.05) is 19.1 Å². The van der Waals surface area contributed by atoms with Gasteiger partial charge in [0.05, 0.1) is 11.7 Å². The van der Waals surface area contributed by atoms with Crippen LogP contribution in [0.2, 0.25) is 0 Å². The molecule has 0 aliphatic carbocycles. The fraction of sp³-hybridized carbons (Fsp3) is 0.227. The standard InChI is InChI=1S/C22H20FN5O/c23-18-9-5-4-8-17(18)22-26-25-20-11-10-19(27-28(20)22)24-14-16-12-13-29-21(16)15-6-2-1-3-7-15/h1-11,16,21H,12-14H2,(H,24,27). The number of benzene rings is 2. The van der Waals surface area contributed by atoms with E-state index in [9.17, 15) is 4.39 Å². The molecule has 2 unspecified atom stereocenters. The van der Waals surface area contributed by atoms with Crippen molar-refractivity contribution in [2.24, 2.45) is 5.92 Å². The fourth-order valence-corrected chi connectivity index (χ4v) is 3.78. The first-order chi connectivity index (χ1) is 14.3. The van der Waals surface area contributed by atoms with E-state index in [0.29, 0.717) is 28.8 Å². The Kier molecular flexibility index (Phi) is 4.65. The Morgan fingerprint density at radius 1 is 1.00 bits per heavy atom. The molecule has 0 amide bonds. The molecule has 4 aromatic rings. The van der Waals surface area contributed by atoms with Gasteiger partial charge in [-0.3, -0.25) is 0 Å². The number of aromatic nitrogens is 4. The minimum absolute atomic E-state index is 0.0799. The van der Waals surface area contributed by atoms with Crippen LogP contribution >= 0.6 is 0 Å². The molecular formula is C22H20FN5O. The van der Waals surface area contributed by atoms with Crippen LogP contribution in [-0.2, 0) is 4.74 Å². The molecule has 146 valence electrons. The highest BCUT2D eigenvalue weighted by Gasteiger charge is 2.29. The summed E-state index contributed by atoms with van der Waals surface area (Å²) in [6.07, 6.45) is 1.07. The molecule has 1 N–H and O–H groups in total. The molecule has 2 atom stereocenters. The summed E-state index contributed by atoms with van der Waals surface area (Å²) >= 11 is 0. The highest BCUT2D eigenvalue weighted by molar-refractivity contribution is 5.60. The molecular weight excluding hydrogens is 369 g/mol. The van der Waals surface area contributed by atoms with Crippen LogP contribution in [0.1, 0.15) is 18.1 Å². The Bertz CT molecular complexity index is 1130. The van der Waals surface area contributed by atoms with Crippen molar-refractivity contribution < 1.29 is 9.13 Å². The van der Waals surface area contributed by atoms with E-state index in [4.69, 9.17) is 4.74 Å². The number of anilines is 1. The summed E-state index contributed by atoms with van der Waals surface area (Å²) in [5.41, 5.74) is 2.14. The average Bonchev–Trinajstić information content (AvgIpc) is 3.40. The molecule has 1 aliphatic heterocycles. The second kappa shape index (κ2) is 7.60. The molecule has 2 aromatic heterocycles. The van der Waals surface area contributed by atoms with E-state index < -0.39 is 0 Å². The molecule has 0 saturated carbocycles. The third kappa shape index (κ3) is 3.45. The third-order valence-corrected chi connectivity index (χ3v) is 5.27. The molecule has 7 heteroatoms. The van der Waals surface area contributed by atoms with E-state index in [2.05, 4.69) is 32.7 Å². The van der Waals surface area contributed by atoms with Gasteiger partial charge in [0.1, 0.15) is 11.6 Å². The molecule has 3 heterocycles. The number of rotatable bonds is 5. The van der Waals surface area contributed by atoms with Crippen LogP contribution in [0.25, 0.3) is 17.0 Å². The quantitative estimate of drug-likeness (QED) is 0.556. The lowest BCUT2D eigenvalue weighted by molar-refractivity contribution is 0.0933. The number of nitrogens with zero attached hydrogens (tertiary/aromatic N) is 4. The summed E-state index contributed by atoms with van der Waals surface area (Å²) < 4.78 is 21.7. The lowest BCUT2D eigenvalue weighted by atomic mass is 9.95. The van der Waals surface area contributed by atoms with Crippen molar-refractivity contribution in [2.45, 2.75) is 12.5 Å². The van der Waals surface area contributed by atoms with Gasteiger partial charge < -0.3 is 10.1 Å². The maximum atomic E-state index is 14.2. The molecule has 0 radical (unpaired) electrons. The van der Waals surface area contributed by atoms with Gasteiger partial charge in [0.25, 0.3) is 0 Å². The van der Waals surface area contributed by atoms with Crippen LogP contribution in [0.3, 0.4) is 0 Å². The van der Waals surface area contributed by atoms with Gasteiger partial charge in [-0.25, -0.2) is 4.39 Å².